The van der Waals surface area contributed by atoms with Crippen LogP contribution in [0.15, 0.2) is 0 Å². The molecule has 0 radical (unpaired) electrons. The van der Waals surface area contributed by atoms with Gasteiger partial charge in [0.25, 0.3) is 0 Å². The molecule has 0 amide bonds. The van der Waals surface area contributed by atoms with Crippen LogP contribution in [0.25, 0.3) is 0 Å². The summed E-state index contributed by atoms with van der Waals surface area (Å²) in [7, 11) is -2.86. The zero-order chi connectivity index (χ0) is 13.2. The van der Waals surface area contributed by atoms with Gasteiger partial charge in [0.2, 0.25) is 0 Å². The van der Waals surface area contributed by atoms with Crippen molar-refractivity contribution >= 4 is 9.84 Å². The summed E-state index contributed by atoms with van der Waals surface area (Å²) in [4.78, 5) is 0. The van der Waals surface area contributed by atoms with Crippen molar-refractivity contribution in [1.29, 1.82) is 0 Å². The predicted molar refractivity (Wildman–Crippen MR) is 75.5 cm³/mol. The summed E-state index contributed by atoms with van der Waals surface area (Å²) in [5.74, 6) is 0.259. The second-order valence-electron chi connectivity index (χ2n) is 6.64. The molecule has 0 heterocycles. The maximum absolute atomic E-state index is 11.2. The summed E-state index contributed by atoms with van der Waals surface area (Å²) in [6.45, 7) is 1.99. The SMILES string of the molecule is CC(CS(C)(=O)=O)NC1CCC2(CCCC2)CC1. The van der Waals surface area contributed by atoms with Gasteiger partial charge in [0.05, 0.1) is 5.75 Å². The molecule has 106 valence electrons. The molecule has 0 aliphatic heterocycles. The van der Waals surface area contributed by atoms with Crippen LogP contribution < -0.4 is 5.32 Å². The quantitative estimate of drug-likeness (QED) is 0.856. The lowest BCUT2D eigenvalue weighted by Gasteiger charge is -2.38. The van der Waals surface area contributed by atoms with Crippen molar-refractivity contribution in [3.05, 3.63) is 0 Å². The van der Waals surface area contributed by atoms with Crippen LogP contribution in [0.2, 0.25) is 0 Å². The van der Waals surface area contributed by atoms with Crippen molar-refractivity contribution in [3.63, 3.8) is 0 Å². The summed E-state index contributed by atoms with van der Waals surface area (Å²) in [5, 5.41) is 3.50. The Hall–Kier alpha value is -0.0900. The summed E-state index contributed by atoms with van der Waals surface area (Å²) in [5.41, 5.74) is 0.665. The topological polar surface area (TPSA) is 46.2 Å². The lowest BCUT2D eigenvalue weighted by atomic mass is 9.71. The average molecular weight is 273 g/mol. The van der Waals surface area contributed by atoms with E-state index >= 15 is 0 Å². The third-order valence-corrected chi connectivity index (χ3v) is 5.89. The first kappa shape index (κ1) is 14.3. The molecule has 2 aliphatic rings. The highest BCUT2D eigenvalue weighted by atomic mass is 32.2. The number of hydrogen-bond donors (Lipinski definition) is 1. The first-order valence-electron chi connectivity index (χ1n) is 7.32. The van der Waals surface area contributed by atoms with Crippen molar-refractivity contribution in [2.75, 3.05) is 12.0 Å². The standard InChI is InChI=1S/C14H27NO2S/c1-12(11-18(2,16)17)15-13-5-9-14(10-6-13)7-3-4-8-14/h12-13,15H,3-11H2,1-2H3. The van der Waals surface area contributed by atoms with E-state index in [0.717, 1.165) is 0 Å². The first-order valence-corrected chi connectivity index (χ1v) is 9.38. The zero-order valence-corrected chi connectivity index (χ0v) is 12.6. The van der Waals surface area contributed by atoms with E-state index in [9.17, 15) is 8.42 Å². The van der Waals surface area contributed by atoms with Gasteiger partial charge in [-0.25, -0.2) is 8.42 Å². The van der Waals surface area contributed by atoms with Gasteiger partial charge in [-0.05, 0) is 50.9 Å². The van der Waals surface area contributed by atoms with Crippen LogP contribution in [0, 0.1) is 5.41 Å². The van der Waals surface area contributed by atoms with Crippen LogP contribution in [0.4, 0.5) is 0 Å². The summed E-state index contributed by atoms with van der Waals surface area (Å²) in [6, 6.07) is 0.621. The van der Waals surface area contributed by atoms with Gasteiger partial charge in [-0.1, -0.05) is 12.8 Å². The van der Waals surface area contributed by atoms with E-state index in [1.807, 2.05) is 6.92 Å². The molecule has 0 saturated heterocycles. The largest absolute Gasteiger partial charge is 0.310 e. The van der Waals surface area contributed by atoms with Gasteiger partial charge in [0, 0.05) is 18.3 Å². The van der Waals surface area contributed by atoms with Crippen LogP contribution in [0.1, 0.15) is 58.3 Å². The van der Waals surface area contributed by atoms with Crippen molar-refractivity contribution in [2.45, 2.75) is 70.4 Å². The molecular formula is C14H27NO2S. The number of nitrogens with one attached hydrogen (secondary N) is 1. The molecule has 2 aliphatic carbocycles. The van der Waals surface area contributed by atoms with Gasteiger partial charge >= 0.3 is 0 Å². The number of rotatable bonds is 4. The van der Waals surface area contributed by atoms with Gasteiger partial charge < -0.3 is 5.32 Å². The molecule has 18 heavy (non-hydrogen) atoms. The third-order valence-electron chi connectivity index (χ3n) is 4.78. The fourth-order valence-corrected chi connectivity index (χ4v) is 4.93. The Bertz CT molecular complexity index is 361. The normalized spacial score (nSPS) is 26.6. The van der Waals surface area contributed by atoms with E-state index in [1.54, 1.807) is 0 Å². The van der Waals surface area contributed by atoms with Gasteiger partial charge in [0.1, 0.15) is 9.84 Å². The predicted octanol–water partition coefficient (Wildman–Crippen LogP) is 2.51. The summed E-state index contributed by atoms with van der Waals surface area (Å²) in [6.07, 6.45) is 12.2. The number of sulfone groups is 1. The second-order valence-corrected chi connectivity index (χ2v) is 8.83. The van der Waals surface area contributed by atoms with E-state index in [1.165, 1.54) is 57.6 Å². The Kier molecular flexibility index (Phi) is 4.37. The lowest BCUT2D eigenvalue weighted by molar-refractivity contribution is 0.165. The molecule has 2 saturated carbocycles. The summed E-state index contributed by atoms with van der Waals surface area (Å²) >= 11 is 0. The van der Waals surface area contributed by atoms with E-state index < -0.39 is 9.84 Å². The van der Waals surface area contributed by atoms with E-state index in [4.69, 9.17) is 0 Å². The molecule has 2 rings (SSSR count). The molecular weight excluding hydrogens is 246 g/mol. The highest BCUT2D eigenvalue weighted by molar-refractivity contribution is 7.90. The molecule has 3 nitrogen and oxygen atoms in total. The Morgan fingerprint density at radius 1 is 1.17 bits per heavy atom. The minimum atomic E-state index is -2.86. The second kappa shape index (κ2) is 5.49. The molecule has 0 aromatic heterocycles. The first-order chi connectivity index (χ1) is 8.39. The van der Waals surface area contributed by atoms with Crippen LogP contribution in [-0.2, 0) is 9.84 Å². The van der Waals surface area contributed by atoms with Crippen molar-refractivity contribution in [2.24, 2.45) is 5.41 Å². The third kappa shape index (κ3) is 3.95. The molecule has 1 atom stereocenters. The van der Waals surface area contributed by atoms with Gasteiger partial charge in [-0.3, -0.25) is 0 Å². The maximum Gasteiger partial charge on any atom is 0.148 e. The molecule has 0 bridgehead atoms. The van der Waals surface area contributed by atoms with E-state index in [0.29, 0.717) is 11.5 Å². The minimum absolute atomic E-state index is 0.0858. The van der Waals surface area contributed by atoms with Crippen LogP contribution in [0.3, 0.4) is 0 Å². The fourth-order valence-electron chi connectivity index (χ4n) is 3.93. The molecule has 1 unspecified atom stereocenters. The molecule has 2 fully saturated rings. The van der Waals surface area contributed by atoms with Gasteiger partial charge in [-0.15, -0.1) is 0 Å². The van der Waals surface area contributed by atoms with Crippen molar-refractivity contribution < 1.29 is 8.42 Å². The highest BCUT2D eigenvalue weighted by Gasteiger charge is 2.37. The smallest absolute Gasteiger partial charge is 0.148 e. The monoisotopic (exact) mass is 273 g/mol. The Morgan fingerprint density at radius 3 is 2.22 bits per heavy atom. The lowest BCUT2D eigenvalue weighted by Crippen LogP contribution is -2.43. The molecule has 1 spiro atoms. The molecule has 4 heteroatoms. The van der Waals surface area contributed by atoms with E-state index in [-0.39, 0.29) is 11.8 Å². The van der Waals surface area contributed by atoms with E-state index in [2.05, 4.69) is 5.32 Å². The summed E-state index contributed by atoms with van der Waals surface area (Å²) < 4.78 is 22.5. The molecule has 0 aromatic rings. The van der Waals surface area contributed by atoms with Crippen LogP contribution >= 0.6 is 0 Å². The Morgan fingerprint density at radius 2 is 1.72 bits per heavy atom. The molecule has 0 aromatic carbocycles. The van der Waals surface area contributed by atoms with Crippen LogP contribution in [0.5, 0.6) is 0 Å². The number of hydrogen-bond acceptors (Lipinski definition) is 3. The van der Waals surface area contributed by atoms with Gasteiger partial charge in [-0.2, -0.15) is 0 Å². The molecule has 1 N–H and O–H groups in total. The van der Waals surface area contributed by atoms with Crippen LogP contribution in [-0.4, -0.2) is 32.5 Å². The zero-order valence-electron chi connectivity index (χ0n) is 11.7. The van der Waals surface area contributed by atoms with Gasteiger partial charge in [0.15, 0.2) is 0 Å². The van der Waals surface area contributed by atoms with Crippen molar-refractivity contribution in [3.8, 4) is 0 Å². The Balaban J connectivity index is 1.76. The highest BCUT2D eigenvalue weighted by Crippen LogP contribution is 2.48. The van der Waals surface area contributed by atoms with Crippen molar-refractivity contribution in [1.82, 2.24) is 5.32 Å². The average Bonchev–Trinajstić information content (AvgIpc) is 2.68. The maximum atomic E-state index is 11.2. The fraction of sp³-hybridized carbons (Fsp3) is 1.00. The minimum Gasteiger partial charge on any atom is -0.310 e. The Labute approximate surface area is 112 Å².